The van der Waals surface area contributed by atoms with Crippen LogP contribution in [0.5, 0.6) is 0 Å². The van der Waals surface area contributed by atoms with Crippen molar-refractivity contribution in [2.75, 3.05) is 19.8 Å². The van der Waals surface area contributed by atoms with E-state index in [0.717, 1.165) is 11.3 Å². The third kappa shape index (κ3) is 2.95. The van der Waals surface area contributed by atoms with E-state index < -0.39 is 12.0 Å². The zero-order chi connectivity index (χ0) is 16.4. The second kappa shape index (κ2) is 6.21. The number of aliphatic carboxylic acids is 1. The van der Waals surface area contributed by atoms with Crippen molar-refractivity contribution in [1.29, 1.82) is 0 Å². The molecule has 7 nitrogen and oxygen atoms in total. The Kier molecular flexibility index (Phi) is 4.12. The summed E-state index contributed by atoms with van der Waals surface area (Å²) in [6.07, 6.45) is 3.51. The fourth-order valence-corrected chi connectivity index (χ4v) is 2.67. The summed E-state index contributed by atoms with van der Waals surface area (Å²) in [4.78, 5) is 25.3. The fraction of sp³-hybridized carbons (Fsp3) is 0.312. The first kappa shape index (κ1) is 15.2. The smallest absolute Gasteiger partial charge is 0.328 e. The molecule has 0 spiro atoms. The number of ether oxygens (including phenoxy) is 1. The first-order chi connectivity index (χ1) is 11.1. The van der Waals surface area contributed by atoms with Crippen LogP contribution in [0.4, 0.5) is 0 Å². The number of morpholine rings is 1. The molecule has 1 saturated heterocycles. The van der Waals surface area contributed by atoms with Gasteiger partial charge in [0.1, 0.15) is 0 Å². The molecule has 0 saturated carbocycles. The molecule has 1 aromatic carbocycles. The van der Waals surface area contributed by atoms with Crippen LogP contribution < -0.4 is 0 Å². The normalized spacial score (nSPS) is 18.0. The fourth-order valence-electron chi connectivity index (χ4n) is 2.67. The highest BCUT2D eigenvalue weighted by Crippen LogP contribution is 2.18. The number of carboxylic acids is 1. The number of aromatic nitrogens is 2. The Hall–Kier alpha value is -2.67. The number of benzene rings is 1. The van der Waals surface area contributed by atoms with E-state index in [1.54, 1.807) is 23.0 Å². The van der Waals surface area contributed by atoms with Gasteiger partial charge in [-0.3, -0.25) is 4.79 Å². The summed E-state index contributed by atoms with van der Waals surface area (Å²) >= 11 is 0. The lowest BCUT2D eigenvalue weighted by Gasteiger charge is -2.33. The molecule has 1 aromatic heterocycles. The predicted octanol–water partition coefficient (Wildman–Crippen LogP) is 1.11. The molecule has 1 amide bonds. The first-order valence-electron chi connectivity index (χ1n) is 7.30. The molecular weight excluding hydrogens is 298 g/mol. The molecule has 7 heteroatoms. The molecule has 0 aliphatic carbocycles. The van der Waals surface area contributed by atoms with Gasteiger partial charge in [0.05, 0.1) is 18.9 Å². The Morgan fingerprint density at radius 3 is 2.87 bits per heavy atom. The van der Waals surface area contributed by atoms with E-state index in [-0.39, 0.29) is 19.1 Å². The third-order valence-corrected chi connectivity index (χ3v) is 3.87. The lowest BCUT2D eigenvalue weighted by molar-refractivity contribution is -0.147. The van der Waals surface area contributed by atoms with Gasteiger partial charge in [-0.25, -0.2) is 9.48 Å². The summed E-state index contributed by atoms with van der Waals surface area (Å²) in [5.74, 6) is -1.35. The molecule has 0 bridgehead atoms. The van der Waals surface area contributed by atoms with Crippen LogP contribution in [0.15, 0.2) is 36.7 Å². The van der Waals surface area contributed by atoms with Crippen LogP contribution in [-0.4, -0.2) is 57.5 Å². The Morgan fingerprint density at radius 2 is 2.22 bits per heavy atom. The molecular formula is C16H17N3O4. The van der Waals surface area contributed by atoms with Gasteiger partial charge in [-0.15, -0.1) is 0 Å². The van der Waals surface area contributed by atoms with Crippen LogP contribution in [0, 0.1) is 6.92 Å². The maximum Gasteiger partial charge on any atom is 0.328 e. The highest BCUT2D eigenvalue weighted by Gasteiger charge is 2.33. The van der Waals surface area contributed by atoms with Crippen molar-refractivity contribution in [2.45, 2.75) is 13.0 Å². The molecule has 2 heterocycles. The zero-order valence-corrected chi connectivity index (χ0v) is 12.7. The number of carbonyl (C=O) groups excluding carboxylic acids is 1. The highest BCUT2D eigenvalue weighted by atomic mass is 16.5. The highest BCUT2D eigenvalue weighted by molar-refractivity contribution is 5.97. The van der Waals surface area contributed by atoms with Crippen LogP contribution in [0.2, 0.25) is 0 Å². The standard InChI is InChI=1S/C16H17N3O4/c1-11-9-12(3-4-13(11)19-6-2-5-17-19)15(20)18-7-8-23-10-14(18)16(21)22/h2-6,9,14H,7-8,10H2,1H3,(H,21,22)/t14-/m0/s1. The largest absolute Gasteiger partial charge is 0.480 e. The Bertz CT molecular complexity index is 727. The topological polar surface area (TPSA) is 84.7 Å². The SMILES string of the molecule is Cc1cc(C(=O)N2CCOC[C@H]2C(=O)O)ccc1-n1cccn1. The van der Waals surface area contributed by atoms with E-state index in [4.69, 9.17) is 4.74 Å². The summed E-state index contributed by atoms with van der Waals surface area (Å²) in [7, 11) is 0. The van der Waals surface area contributed by atoms with Gasteiger partial charge in [-0.1, -0.05) is 0 Å². The molecule has 1 aliphatic rings. The molecule has 23 heavy (non-hydrogen) atoms. The minimum atomic E-state index is -1.05. The molecule has 0 unspecified atom stereocenters. The van der Waals surface area contributed by atoms with Gasteiger partial charge < -0.3 is 14.7 Å². The van der Waals surface area contributed by atoms with Crippen LogP contribution >= 0.6 is 0 Å². The number of aryl methyl sites for hydroxylation is 1. The Morgan fingerprint density at radius 1 is 1.39 bits per heavy atom. The molecule has 1 atom stereocenters. The van der Waals surface area contributed by atoms with Gasteiger partial charge in [0.2, 0.25) is 0 Å². The third-order valence-electron chi connectivity index (χ3n) is 3.87. The van der Waals surface area contributed by atoms with Crippen molar-refractivity contribution < 1.29 is 19.4 Å². The van der Waals surface area contributed by atoms with Crippen molar-refractivity contribution in [3.05, 3.63) is 47.8 Å². The average Bonchev–Trinajstić information content (AvgIpc) is 3.08. The molecule has 120 valence electrons. The lowest BCUT2D eigenvalue weighted by Crippen LogP contribution is -2.52. The van der Waals surface area contributed by atoms with Crippen LogP contribution in [-0.2, 0) is 9.53 Å². The number of carboxylic acid groups (broad SMARTS) is 1. The Labute approximate surface area is 133 Å². The Balaban J connectivity index is 1.87. The second-order valence-corrected chi connectivity index (χ2v) is 5.38. The number of nitrogens with zero attached hydrogens (tertiary/aromatic N) is 3. The minimum absolute atomic E-state index is 0.0193. The number of hydrogen-bond acceptors (Lipinski definition) is 4. The van der Waals surface area contributed by atoms with E-state index in [2.05, 4.69) is 5.10 Å². The van der Waals surface area contributed by atoms with Crippen LogP contribution in [0.25, 0.3) is 5.69 Å². The van der Waals surface area contributed by atoms with Crippen molar-refractivity contribution in [2.24, 2.45) is 0 Å². The van der Waals surface area contributed by atoms with E-state index in [9.17, 15) is 14.7 Å². The summed E-state index contributed by atoms with van der Waals surface area (Å²) < 4.78 is 6.89. The van der Waals surface area contributed by atoms with Crippen molar-refractivity contribution in [3.63, 3.8) is 0 Å². The van der Waals surface area contributed by atoms with Gasteiger partial charge in [-0.2, -0.15) is 5.10 Å². The van der Waals surface area contributed by atoms with Gasteiger partial charge in [0.15, 0.2) is 6.04 Å². The van der Waals surface area contributed by atoms with Gasteiger partial charge >= 0.3 is 5.97 Å². The van der Waals surface area contributed by atoms with E-state index >= 15 is 0 Å². The zero-order valence-electron chi connectivity index (χ0n) is 12.7. The summed E-state index contributed by atoms with van der Waals surface area (Å²) in [5.41, 5.74) is 2.23. The second-order valence-electron chi connectivity index (χ2n) is 5.38. The van der Waals surface area contributed by atoms with E-state index in [1.165, 1.54) is 4.90 Å². The van der Waals surface area contributed by atoms with Gasteiger partial charge in [-0.05, 0) is 36.8 Å². The molecule has 1 aliphatic heterocycles. The van der Waals surface area contributed by atoms with Crippen molar-refractivity contribution >= 4 is 11.9 Å². The predicted molar refractivity (Wildman–Crippen MR) is 81.6 cm³/mol. The number of rotatable bonds is 3. The molecule has 2 aromatic rings. The molecule has 1 N–H and O–H groups in total. The number of hydrogen-bond donors (Lipinski definition) is 1. The van der Waals surface area contributed by atoms with Crippen molar-refractivity contribution in [3.8, 4) is 5.69 Å². The number of carbonyl (C=O) groups is 2. The van der Waals surface area contributed by atoms with Gasteiger partial charge in [0, 0.05) is 24.5 Å². The minimum Gasteiger partial charge on any atom is -0.480 e. The summed E-state index contributed by atoms with van der Waals surface area (Å²) in [5, 5.41) is 13.4. The van der Waals surface area contributed by atoms with Crippen LogP contribution in [0.1, 0.15) is 15.9 Å². The van der Waals surface area contributed by atoms with Gasteiger partial charge in [0.25, 0.3) is 5.91 Å². The monoisotopic (exact) mass is 315 g/mol. The summed E-state index contributed by atoms with van der Waals surface area (Å²) in [6, 6.07) is 6.14. The van der Waals surface area contributed by atoms with Crippen molar-refractivity contribution in [1.82, 2.24) is 14.7 Å². The summed E-state index contributed by atoms with van der Waals surface area (Å²) in [6.45, 7) is 2.53. The quantitative estimate of drug-likeness (QED) is 0.917. The van der Waals surface area contributed by atoms with Crippen LogP contribution in [0.3, 0.4) is 0 Å². The maximum absolute atomic E-state index is 12.6. The lowest BCUT2D eigenvalue weighted by atomic mass is 10.1. The molecule has 0 radical (unpaired) electrons. The van der Waals surface area contributed by atoms with E-state index in [0.29, 0.717) is 12.2 Å². The average molecular weight is 315 g/mol. The molecule has 1 fully saturated rings. The number of amides is 1. The maximum atomic E-state index is 12.6. The van der Waals surface area contributed by atoms with E-state index in [1.807, 2.05) is 25.3 Å². The first-order valence-corrected chi connectivity index (χ1v) is 7.30. The molecule has 3 rings (SSSR count).